The van der Waals surface area contributed by atoms with Crippen molar-refractivity contribution in [3.05, 3.63) is 35.9 Å². The smallest absolute Gasteiger partial charge is 0.234 e. The average molecular weight is 232 g/mol. The van der Waals surface area contributed by atoms with E-state index in [-0.39, 0.29) is 11.9 Å². The summed E-state index contributed by atoms with van der Waals surface area (Å²) in [7, 11) is 0. The molecule has 0 heterocycles. The predicted molar refractivity (Wildman–Crippen MR) is 68.9 cm³/mol. The number of carbonyl (C=O) groups is 1. The molecule has 3 nitrogen and oxygen atoms in total. The molecule has 0 aliphatic heterocycles. The zero-order chi connectivity index (χ0) is 12.3. The third kappa shape index (κ3) is 3.56. The van der Waals surface area contributed by atoms with Gasteiger partial charge in [-0.15, -0.1) is 0 Å². The first-order chi connectivity index (χ1) is 8.16. The van der Waals surface area contributed by atoms with Crippen molar-refractivity contribution in [1.82, 2.24) is 10.6 Å². The summed E-state index contributed by atoms with van der Waals surface area (Å²) in [5, 5.41) is 6.18. The summed E-state index contributed by atoms with van der Waals surface area (Å²) < 4.78 is 0. The lowest BCUT2D eigenvalue weighted by Crippen LogP contribution is -2.38. The van der Waals surface area contributed by atoms with Crippen molar-refractivity contribution in [1.29, 1.82) is 0 Å². The summed E-state index contributed by atoms with van der Waals surface area (Å²) in [6.07, 6.45) is 1.14. The van der Waals surface area contributed by atoms with Crippen molar-refractivity contribution in [2.75, 3.05) is 6.54 Å². The van der Waals surface area contributed by atoms with Gasteiger partial charge in [-0.2, -0.15) is 0 Å². The van der Waals surface area contributed by atoms with Crippen LogP contribution in [-0.4, -0.2) is 24.5 Å². The fraction of sp³-hybridized carbons (Fsp3) is 0.500. The highest BCUT2D eigenvalue weighted by molar-refractivity contribution is 5.78. The fourth-order valence-electron chi connectivity index (χ4n) is 2.09. The number of hydrogen-bond acceptors (Lipinski definition) is 2. The highest BCUT2D eigenvalue weighted by Crippen LogP contribution is 2.40. The lowest BCUT2D eigenvalue weighted by atomic mass is 10.1. The van der Waals surface area contributed by atoms with Crippen molar-refractivity contribution in [3.63, 3.8) is 0 Å². The number of benzene rings is 1. The fourth-order valence-corrected chi connectivity index (χ4v) is 2.09. The van der Waals surface area contributed by atoms with E-state index in [2.05, 4.69) is 34.9 Å². The second-order valence-corrected chi connectivity index (χ2v) is 4.96. The zero-order valence-electron chi connectivity index (χ0n) is 10.4. The molecule has 0 spiro atoms. The Morgan fingerprint density at radius 1 is 1.35 bits per heavy atom. The van der Waals surface area contributed by atoms with Crippen molar-refractivity contribution >= 4 is 5.91 Å². The molecule has 3 heteroatoms. The molecule has 0 aromatic heterocycles. The summed E-state index contributed by atoms with van der Waals surface area (Å²) in [5.74, 6) is 0.668. The molecule has 1 amide bonds. The SMILES string of the molecule is CC(C)NC(=O)CN[C@H]1C[C@@H]1c1ccccc1. The van der Waals surface area contributed by atoms with Crippen molar-refractivity contribution in [3.8, 4) is 0 Å². The van der Waals surface area contributed by atoms with Gasteiger partial charge < -0.3 is 10.6 Å². The minimum Gasteiger partial charge on any atom is -0.353 e. The van der Waals surface area contributed by atoms with Gasteiger partial charge >= 0.3 is 0 Å². The Morgan fingerprint density at radius 2 is 2.06 bits per heavy atom. The summed E-state index contributed by atoms with van der Waals surface area (Å²) in [6, 6.07) is 11.2. The molecule has 0 unspecified atom stereocenters. The number of hydrogen-bond donors (Lipinski definition) is 2. The summed E-state index contributed by atoms with van der Waals surface area (Å²) in [6.45, 7) is 4.37. The van der Waals surface area contributed by atoms with Crippen LogP contribution >= 0.6 is 0 Å². The Balaban J connectivity index is 1.72. The third-order valence-corrected chi connectivity index (χ3v) is 2.99. The lowest BCUT2D eigenvalue weighted by Gasteiger charge is -2.09. The Hall–Kier alpha value is -1.35. The molecule has 92 valence electrons. The molecule has 0 radical (unpaired) electrons. The molecule has 1 fully saturated rings. The van der Waals surface area contributed by atoms with Crippen LogP contribution in [0.25, 0.3) is 0 Å². The monoisotopic (exact) mass is 232 g/mol. The molecule has 2 rings (SSSR count). The maximum atomic E-state index is 11.5. The van der Waals surface area contributed by atoms with Crippen LogP contribution in [-0.2, 0) is 4.79 Å². The van der Waals surface area contributed by atoms with Gasteiger partial charge in [-0.25, -0.2) is 0 Å². The number of rotatable bonds is 5. The molecular formula is C14H20N2O. The van der Waals surface area contributed by atoms with Gasteiger partial charge in [0.2, 0.25) is 5.91 Å². The molecule has 1 saturated carbocycles. The molecule has 2 N–H and O–H groups in total. The van der Waals surface area contributed by atoms with Crippen molar-refractivity contribution < 1.29 is 4.79 Å². The Morgan fingerprint density at radius 3 is 2.71 bits per heavy atom. The first-order valence-electron chi connectivity index (χ1n) is 6.24. The molecule has 17 heavy (non-hydrogen) atoms. The van der Waals surface area contributed by atoms with Crippen LogP contribution < -0.4 is 10.6 Å². The normalized spacial score (nSPS) is 22.5. The first-order valence-corrected chi connectivity index (χ1v) is 6.24. The molecule has 0 saturated heterocycles. The quantitative estimate of drug-likeness (QED) is 0.810. The van der Waals surface area contributed by atoms with Gasteiger partial charge in [0.05, 0.1) is 6.54 Å². The summed E-state index contributed by atoms with van der Waals surface area (Å²) in [4.78, 5) is 11.5. The van der Waals surface area contributed by atoms with Gasteiger partial charge in [0.25, 0.3) is 0 Å². The van der Waals surface area contributed by atoms with E-state index in [1.165, 1.54) is 5.56 Å². The second-order valence-electron chi connectivity index (χ2n) is 4.96. The Labute approximate surface area is 103 Å². The molecule has 1 aliphatic carbocycles. The molecule has 1 aliphatic rings. The lowest BCUT2D eigenvalue weighted by molar-refractivity contribution is -0.120. The predicted octanol–water partition coefficient (Wildman–Crippen LogP) is 1.66. The van der Waals surface area contributed by atoms with Crippen molar-refractivity contribution in [2.45, 2.75) is 38.3 Å². The van der Waals surface area contributed by atoms with Gasteiger partial charge in [-0.1, -0.05) is 30.3 Å². The topological polar surface area (TPSA) is 41.1 Å². The Bertz CT molecular complexity index is 375. The summed E-state index contributed by atoms with van der Waals surface area (Å²) in [5.41, 5.74) is 1.37. The second kappa shape index (κ2) is 5.32. The highest BCUT2D eigenvalue weighted by Gasteiger charge is 2.37. The van der Waals surface area contributed by atoms with E-state index in [9.17, 15) is 4.79 Å². The minimum absolute atomic E-state index is 0.0821. The molecule has 1 aromatic rings. The number of nitrogens with one attached hydrogen (secondary N) is 2. The van der Waals surface area contributed by atoms with Gasteiger partial charge in [-0.05, 0) is 25.8 Å². The maximum Gasteiger partial charge on any atom is 0.234 e. The van der Waals surface area contributed by atoms with Gasteiger partial charge in [0.15, 0.2) is 0 Å². The zero-order valence-corrected chi connectivity index (χ0v) is 10.4. The number of carbonyl (C=O) groups excluding carboxylic acids is 1. The average Bonchev–Trinajstić information content (AvgIpc) is 3.06. The minimum atomic E-state index is 0.0821. The molecule has 0 bridgehead atoms. The van der Waals surface area contributed by atoms with E-state index in [1.807, 2.05) is 19.9 Å². The summed E-state index contributed by atoms with van der Waals surface area (Å²) >= 11 is 0. The highest BCUT2D eigenvalue weighted by atomic mass is 16.1. The van der Waals surface area contributed by atoms with Gasteiger partial charge in [0, 0.05) is 18.0 Å². The van der Waals surface area contributed by atoms with E-state index >= 15 is 0 Å². The largest absolute Gasteiger partial charge is 0.353 e. The maximum absolute atomic E-state index is 11.5. The van der Waals surface area contributed by atoms with E-state index in [4.69, 9.17) is 0 Å². The third-order valence-electron chi connectivity index (χ3n) is 2.99. The van der Waals surface area contributed by atoms with E-state index in [0.717, 1.165) is 6.42 Å². The van der Waals surface area contributed by atoms with Crippen LogP contribution in [0.3, 0.4) is 0 Å². The van der Waals surface area contributed by atoms with Crippen LogP contribution in [0, 0.1) is 0 Å². The van der Waals surface area contributed by atoms with Crippen LogP contribution in [0.4, 0.5) is 0 Å². The van der Waals surface area contributed by atoms with E-state index in [1.54, 1.807) is 0 Å². The van der Waals surface area contributed by atoms with Crippen LogP contribution in [0.15, 0.2) is 30.3 Å². The van der Waals surface area contributed by atoms with Crippen LogP contribution in [0.5, 0.6) is 0 Å². The van der Waals surface area contributed by atoms with Crippen molar-refractivity contribution in [2.24, 2.45) is 0 Å². The van der Waals surface area contributed by atoms with Gasteiger partial charge in [0.1, 0.15) is 0 Å². The molecule has 2 atom stereocenters. The van der Waals surface area contributed by atoms with E-state index < -0.39 is 0 Å². The van der Waals surface area contributed by atoms with E-state index in [0.29, 0.717) is 18.5 Å². The van der Waals surface area contributed by atoms with Crippen LogP contribution in [0.2, 0.25) is 0 Å². The molecular weight excluding hydrogens is 212 g/mol. The number of amides is 1. The van der Waals surface area contributed by atoms with Gasteiger partial charge in [-0.3, -0.25) is 4.79 Å². The standard InChI is InChI=1S/C14H20N2O/c1-10(2)16-14(17)9-15-13-8-12(13)11-6-4-3-5-7-11/h3-7,10,12-13,15H,8-9H2,1-2H3,(H,16,17)/t12-,13+/m1/s1. The first kappa shape index (κ1) is 12.1. The molecule has 1 aromatic carbocycles. The van der Waals surface area contributed by atoms with Crippen LogP contribution in [0.1, 0.15) is 31.7 Å². The Kier molecular flexibility index (Phi) is 3.79.